The quantitative estimate of drug-likeness (QED) is 0.708. The summed E-state index contributed by atoms with van der Waals surface area (Å²) in [5.41, 5.74) is 0. The molecule has 2 unspecified atom stereocenters. The maximum atomic E-state index is 6.15. The summed E-state index contributed by atoms with van der Waals surface area (Å²) in [5.74, 6) is 1.62. The van der Waals surface area contributed by atoms with Crippen LogP contribution >= 0.6 is 0 Å². The van der Waals surface area contributed by atoms with Gasteiger partial charge in [-0.2, -0.15) is 0 Å². The average molecular weight is 255 g/mol. The van der Waals surface area contributed by atoms with Gasteiger partial charge >= 0.3 is 0 Å². The van der Waals surface area contributed by atoms with Crippen LogP contribution in [0.2, 0.25) is 0 Å². The number of ether oxygens (including phenoxy) is 1. The largest absolute Gasteiger partial charge is 0.377 e. The SMILES string of the molecule is CCCNC(COC1CCC(C)CC1)C(C)CC. The van der Waals surface area contributed by atoms with Crippen molar-refractivity contribution in [2.24, 2.45) is 11.8 Å². The smallest absolute Gasteiger partial charge is 0.0625 e. The molecule has 0 amide bonds. The predicted molar refractivity (Wildman–Crippen MR) is 78.9 cm³/mol. The van der Waals surface area contributed by atoms with Crippen LogP contribution in [0.15, 0.2) is 0 Å². The number of rotatable bonds is 8. The van der Waals surface area contributed by atoms with E-state index in [2.05, 4.69) is 33.0 Å². The minimum absolute atomic E-state index is 0.524. The monoisotopic (exact) mass is 255 g/mol. The highest BCUT2D eigenvalue weighted by Crippen LogP contribution is 2.25. The summed E-state index contributed by atoms with van der Waals surface area (Å²) in [6.45, 7) is 11.2. The van der Waals surface area contributed by atoms with Gasteiger partial charge in [0.25, 0.3) is 0 Å². The fourth-order valence-corrected chi connectivity index (χ4v) is 2.67. The Labute approximate surface area is 114 Å². The van der Waals surface area contributed by atoms with Crippen LogP contribution in [-0.2, 0) is 4.74 Å². The molecule has 0 bridgehead atoms. The zero-order valence-corrected chi connectivity index (χ0v) is 12.9. The Morgan fingerprint density at radius 3 is 2.39 bits per heavy atom. The normalized spacial score (nSPS) is 28.0. The van der Waals surface area contributed by atoms with Gasteiger partial charge in [0.15, 0.2) is 0 Å². The highest BCUT2D eigenvalue weighted by Gasteiger charge is 2.21. The molecule has 1 saturated carbocycles. The Bertz CT molecular complexity index is 199. The van der Waals surface area contributed by atoms with Crippen molar-refractivity contribution in [3.8, 4) is 0 Å². The van der Waals surface area contributed by atoms with E-state index in [1.165, 1.54) is 38.5 Å². The van der Waals surface area contributed by atoms with Crippen molar-refractivity contribution in [2.75, 3.05) is 13.2 Å². The van der Waals surface area contributed by atoms with E-state index < -0.39 is 0 Å². The summed E-state index contributed by atoms with van der Waals surface area (Å²) in [7, 11) is 0. The molecule has 0 aliphatic heterocycles. The van der Waals surface area contributed by atoms with E-state index in [0.29, 0.717) is 18.1 Å². The fourth-order valence-electron chi connectivity index (χ4n) is 2.67. The lowest BCUT2D eigenvalue weighted by atomic mass is 9.89. The van der Waals surface area contributed by atoms with Crippen LogP contribution in [0.5, 0.6) is 0 Å². The molecular formula is C16H33NO. The van der Waals surface area contributed by atoms with Crippen molar-refractivity contribution in [3.63, 3.8) is 0 Å². The van der Waals surface area contributed by atoms with E-state index in [1.807, 2.05) is 0 Å². The Morgan fingerprint density at radius 2 is 1.83 bits per heavy atom. The highest BCUT2D eigenvalue weighted by atomic mass is 16.5. The van der Waals surface area contributed by atoms with Crippen molar-refractivity contribution in [3.05, 3.63) is 0 Å². The van der Waals surface area contributed by atoms with Gasteiger partial charge in [0.05, 0.1) is 12.7 Å². The van der Waals surface area contributed by atoms with Crippen LogP contribution in [0.25, 0.3) is 0 Å². The van der Waals surface area contributed by atoms with E-state index in [1.54, 1.807) is 0 Å². The summed E-state index contributed by atoms with van der Waals surface area (Å²) in [6, 6.07) is 0.536. The lowest BCUT2D eigenvalue weighted by Crippen LogP contribution is -2.40. The van der Waals surface area contributed by atoms with Gasteiger partial charge in [0, 0.05) is 6.04 Å². The maximum absolute atomic E-state index is 6.15. The van der Waals surface area contributed by atoms with Gasteiger partial charge < -0.3 is 10.1 Å². The van der Waals surface area contributed by atoms with Gasteiger partial charge in [-0.1, -0.05) is 34.1 Å². The maximum Gasteiger partial charge on any atom is 0.0625 e. The Kier molecular flexibility index (Phi) is 7.92. The van der Waals surface area contributed by atoms with Crippen molar-refractivity contribution in [1.82, 2.24) is 5.32 Å². The molecule has 0 aromatic carbocycles. The van der Waals surface area contributed by atoms with Crippen molar-refractivity contribution in [1.29, 1.82) is 0 Å². The minimum atomic E-state index is 0.524. The molecule has 1 aliphatic carbocycles. The summed E-state index contributed by atoms with van der Waals surface area (Å²) in [4.78, 5) is 0. The van der Waals surface area contributed by atoms with Crippen molar-refractivity contribution < 1.29 is 4.74 Å². The van der Waals surface area contributed by atoms with Gasteiger partial charge in [-0.05, 0) is 50.5 Å². The zero-order chi connectivity index (χ0) is 13.4. The standard InChI is InChI=1S/C16H33NO/c1-5-11-17-16(14(4)6-2)12-18-15-9-7-13(3)8-10-15/h13-17H,5-12H2,1-4H3. The van der Waals surface area contributed by atoms with Crippen LogP contribution in [0.4, 0.5) is 0 Å². The first-order valence-electron chi connectivity index (χ1n) is 8.02. The summed E-state index contributed by atoms with van der Waals surface area (Å²) in [6.07, 6.45) is 8.18. The van der Waals surface area contributed by atoms with Crippen LogP contribution in [-0.4, -0.2) is 25.3 Å². The number of hydrogen-bond donors (Lipinski definition) is 1. The molecule has 0 heterocycles. The third-order valence-electron chi connectivity index (χ3n) is 4.46. The second kappa shape index (κ2) is 8.92. The summed E-state index contributed by atoms with van der Waals surface area (Å²) >= 11 is 0. The van der Waals surface area contributed by atoms with Gasteiger partial charge in [-0.3, -0.25) is 0 Å². The van der Waals surface area contributed by atoms with Gasteiger partial charge in [-0.15, -0.1) is 0 Å². The van der Waals surface area contributed by atoms with Crippen LogP contribution in [0, 0.1) is 11.8 Å². The molecule has 0 aromatic rings. The molecule has 2 atom stereocenters. The molecule has 1 rings (SSSR count). The van der Waals surface area contributed by atoms with E-state index in [4.69, 9.17) is 4.74 Å². The molecule has 2 heteroatoms. The molecule has 1 N–H and O–H groups in total. The first kappa shape index (κ1) is 16.0. The topological polar surface area (TPSA) is 21.3 Å². The number of nitrogens with one attached hydrogen (secondary N) is 1. The van der Waals surface area contributed by atoms with Crippen molar-refractivity contribution in [2.45, 2.75) is 78.4 Å². The van der Waals surface area contributed by atoms with E-state index in [9.17, 15) is 0 Å². The second-order valence-electron chi connectivity index (χ2n) is 6.16. The average Bonchev–Trinajstić information content (AvgIpc) is 2.40. The Balaban J connectivity index is 2.27. The third-order valence-corrected chi connectivity index (χ3v) is 4.46. The molecule has 0 aromatic heterocycles. The van der Waals surface area contributed by atoms with E-state index in [-0.39, 0.29) is 0 Å². The molecule has 2 nitrogen and oxygen atoms in total. The summed E-state index contributed by atoms with van der Waals surface area (Å²) < 4.78 is 6.15. The lowest BCUT2D eigenvalue weighted by molar-refractivity contribution is 0.000872. The first-order valence-corrected chi connectivity index (χ1v) is 8.02. The van der Waals surface area contributed by atoms with Crippen LogP contribution in [0.3, 0.4) is 0 Å². The van der Waals surface area contributed by atoms with Crippen molar-refractivity contribution >= 4 is 0 Å². The van der Waals surface area contributed by atoms with Crippen LogP contribution in [0.1, 0.15) is 66.2 Å². The van der Waals surface area contributed by atoms with Gasteiger partial charge in [0.1, 0.15) is 0 Å². The highest BCUT2D eigenvalue weighted by molar-refractivity contribution is 4.75. The zero-order valence-electron chi connectivity index (χ0n) is 12.9. The molecule has 1 aliphatic rings. The lowest BCUT2D eigenvalue weighted by Gasteiger charge is -2.30. The molecule has 108 valence electrons. The first-order chi connectivity index (χ1) is 8.67. The van der Waals surface area contributed by atoms with Gasteiger partial charge in [0.2, 0.25) is 0 Å². The third kappa shape index (κ3) is 5.71. The molecule has 0 saturated heterocycles. The Morgan fingerprint density at radius 1 is 1.17 bits per heavy atom. The number of hydrogen-bond acceptors (Lipinski definition) is 2. The Hall–Kier alpha value is -0.0800. The van der Waals surface area contributed by atoms with E-state index >= 15 is 0 Å². The van der Waals surface area contributed by atoms with Crippen LogP contribution < -0.4 is 5.32 Å². The van der Waals surface area contributed by atoms with Gasteiger partial charge in [-0.25, -0.2) is 0 Å². The molecular weight excluding hydrogens is 222 g/mol. The molecule has 0 radical (unpaired) electrons. The molecule has 0 spiro atoms. The van der Waals surface area contributed by atoms with E-state index in [0.717, 1.165) is 19.1 Å². The molecule has 1 fully saturated rings. The second-order valence-corrected chi connectivity index (χ2v) is 6.16. The summed E-state index contributed by atoms with van der Waals surface area (Å²) in [5, 5.41) is 3.64. The molecule has 18 heavy (non-hydrogen) atoms. The predicted octanol–water partition coefficient (Wildman–Crippen LogP) is 4.00. The minimum Gasteiger partial charge on any atom is -0.377 e. The fraction of sp³-hybridized carbons (Fsp3) is 1.00.